The molecule has 0 amide bonds. The predicted molar refractivity (Wildman–Crippen MR) is 60.8 cm³/mol. The van der Waals surface area contributed by atoms with Crippen LogP contribution in [0.3, 0.4) is 0 Å². The molecule has 1 heterocycles. The van der Waals surface area contributed by atoms with E-state index in [1.54, 1.807) is 0 Å². The first kappa shape index (κ1) is 12.9. The Hall–Kier alpha value is -0.130. The highest BCUT2D eigenvalue weighted by molar-refractivity contribution is 7.90. The van der Waals surface area contributed by atoms with Crippen molar-refractivity contribution in [2.24, 2.45) is 0 Å². The summed E-state index contributed by atoms with van der Waals surface area (Å²) < 4.78 is 27.3. The minimum Gasteiger partial charge on any atom is -0.378 e. The summed E-state index contributed by atoms with van der Waals surface area (Å²) in [5.74, 6) is 0.211. The first-order valence-electron chi connectivity index (χ1n) is 5.50. The molecule has 2 unspecified atom stereocenters. The van der Waals surface area contributed by atoms with Crippen LogP contribution in [0.2, 0.25) is 0 Å². The Balaban J connectivity index is 2.10. The van der Waals surface area contributed by atoms with Crippen LogP contribution in [-0.4, -0.2) is 45.7 Å². The molecule has 0 radical (unpaired) electrons. The van der Waals surface area contributed by atoms with Gasteiger partial charge in [0, 0.05) is 25.4 Å². The van der Waals surface area contributed by atoms with Crippen molar-refractivity contribution in [2.45, 2.75) is 38.3 Å². The highest BCUT2D eigenvalue weighted by atomic mass is 32.2. The molecule has 1 N–H and O–H groups in total. The lowest BCUT2D eigenvalue weighted by Gasteiger charge is -2.17. The quantitative estimate of drug-likeness (QED) is 0.731. The van der Waals surface area contributed by atoms with Crippen LogP contribution in [0.1, 0.15) is 26.2 Å². The maximum atomic E-state index is 10.9. The van der Waals surface area contributed by atoms with Gasteiger partial charge in [0.05, 0.1) is 11.9 Å². The van der Waals surface area contributed by atoms with Crippen molar-refractivity contribution in [3.63, 3.8) is 0 Å². The highest BCUT2D eigenvalue weighted by Gasteiger charge is 2.18. The summed E-state index contributed by atoms with van der Waals surface area (Å²) in [5.41, 5.74) is 0. The molecular formula is C10H21NO3S. The second-order valence-corrected chi connectivity index (χ2v) is 6.62. The molecule has 0 aromatic rings. The molecule has 1 fully saturated rings. The molecule has 1 aliphatic rings. The molecule has 2 atom stereocenters. The number of rotatable bonds is 6. The van der Waals surface area contributed by atoms with Crippen molar-refractivity contribution in [1.82, 2.24) is 5.32 Å². The van der Waals surface area contributed by atoms with Gasteiger partial charge >= 0.3 is 0 Å². The van der Waals surface area contributed by atoms with Crippen molar-refractivity contribution in [3.05, 3.63) is 0 Å². The summed E-state index contributed by atoms with van der Waals surface area (Å²) in [6, 6.07) is 0.329. The molecule has 1 aliphatic heterocycles. The van der Waals surface area contributed by atoms with Gasteiger partial charge in [-0.15, -0.1) is 0 Å². The van der Waals surface area contributed by atoms with Crippen LogP contribution in [0.4, 0.5) is 0 Å². The molecule has 90 valence electrons. The SMILES string of the molecule is CC(CC1CCCO1)NCCS(C)(=O)=O. The number of hydrogen-bond donors (Lipinski definition) is 1. The van der Waals surface area contributed by atoms with Gasteiger partial charge in [0.2, 0.25) is 0 Å². The van der Waals surface area contributed by atoms with E-state index in [4.69, 9.17) is 4.74 Å². The summed E-state index contributed by atoms with van der Waals surface area (Å²) in [7, 11) is -2.84. The minimum atomic E-state index is -2.84. The topological polar surface area (TPSA) is 55.4 Å². The Bertz CT molecular complexity index is 270. The van der Waals surface area contributed by atoms with Gasteiger partial charge in [-0.05, 0) is 26.2 Å². The van der Waals surface area contributed by atoms with Crippen LogP contribution in [0.5, 0.6) is 0 Å². The maximum Gasteiger partial charge on any atom is 0.148 e. The Morgan fingerprint density at radius 1 is 1.53 bits per heavy atom. The molecule has 0 aliphatic carbocycles. The monoisotopic (exact) mass is 235 g/mol. The predicted octanol–water partition coefficient (Wildman–Crippen LogP) is 0.578. The third-order valence-electron chi connectivity index (χ3n) is 2.61. The van der Waals surface area contributed by atoms with Crippen molar-refractivity contribution in [2.75, 3.05) is 25.2 Å². The Kier molecular flexibility index (Phi) is 5.02. The van der Waals surface area contributed by atoms with Crippen molar-refractivity contribution >= 4 is 9.84 Å². The molecule has 4 nitrogen and oxygen atoms in total. The van der Waals surface area contributed by atoms with E-state index in [0.717, 1.165) is 25.9 Å². The van der Waals surface area contributed by atoms with E-state index in [0.29, 0.717) is 18.7 Å². The van der Waals surface area contributed by atoms with Crippen LogP contribution in [0.15, 0.2) is 0 Å². The van der Waals surface area contributed by atoms with Crippen molar-refractivity contribution in [3.8, 4) is 0 Å². The summed E-state index contributed by atoms with van der Waals surface area (Å²) in [5, 5.41) is 3.21. The number of hydrogen-bond acceptors (Lipinski definition) is 4. The lowest BCUT2D eigenvalue weighted by atomic mass is 10.1. The zero-order valence-corrected chi connectivity index (χ0v) is 10.3. The molecule has 0 aromatic heterocycles. The molecule has 1 rings (SSSR count). The molecular weight excluding hydrogens is 214 g/mol. The van der Waals surface area contributed by atoms with Gasteiger partial charge in [-0.1, -0.05) is 0 Å². The smallest absolute Gasteiger partial charge is 0.148 e. The highest BCUT2D eigenvalue weighted by Crippen LogP contribution is 2.16. The van der Waals surface area contributed by atoms with Crippen molar-refractivity contribution in [1.29, 1.82) is 0 Å². The van der Waals surface area contributed by atoms with E-state index in [1.165, 1.54) is 6.26 Å². The lowest BCUT2D eigenvalue weighted by Crippen LogP contribution is -2.33. The fraction of sp³-hybridized carbons (Fsp3) is 1.00. The van der Waals surface area contributed by atoms with Gasteiger partial charge in [-0.2, -0.15) is 0 Å². The van der Waals surface area contributed by atoms with Crippen LogP contribution in [-0.2, 0) is 14.6 Å². The second kappa shape index (κ2) is 5.82. The van der Waals surface area contributed by atoms with E-state index < -0.39 is 9.84 Å². The van der Waals surface area contributed by atoms with Gasteiger partial charge in [0.25, 0.3) is 0 Å². The van der Waals surface area contributed by atoms with Gasteiger partial charge in [-0.3, -0.25) is 0 Å². The first-order chi connectivity index (χ1) is 6.97. The largest absolute Gasteiger partial charge is 0.378 e. The third-order valence-corrected chi connectivity index (χ3v) is 3.55. The summed E-state index contributed by atoms with van der Waals surface area (Å²) in [6.07, 6.45) is 4.90. The average molecular weight is 235 g/mol. The average Bonchev–Trinajstić information content (AvgIpc) is 2.54. The Morgan fingerprint density at radius 2 is 2.27 bits per heavy atom. The van der Waals surface area contributed by atoms with E-state index >= 15 is 0 Å². The van der Waals surface area contributed by atoms with Gasteiger partial charge < -0.3 is 10.1 Å². The fourth-order valence-corrected chi connectivity index (χ4v) is 2.29. The molecule has 15 heavy (non-hydrogen) atoms. The molecule has 0 bridgehead atoms. The molecule has 1 saturated heterocycles. The van der Waals surface area contributed by atoms with E-state index in [9.17, 15) is 8.42 Å². The standard InChI is InChI=1S/C10H21NO3S/c1-9(8-10-4-3-6-14-10)11-5-7-15(2,12)13/h9-11H,3-8H2,1-2H3. The van der Waals surface area contributed by atoms with Crippen LogP contribution < -0.4 is 5.32 Å². The number of ether oxygens (including phenoxy) is 1. The van der Waals surface area contributed by atoms with E-state index in [2.05, 4.69) is 12.2 Å². The fourth-order valence-electron chi connectivity index (χ4n) is 1.80. The van der Waals surface area contributed by atoms with Gasteiger partial charge in [-0.25, -0.2) is 8.42 Å². The maximum absolute atomic E-state index is 10.9. The second-order valence-electron chi connectivity index (χ2n) is 4.36. The van der Waals surface area contributed by atoms with Crippen molar-refractivity contribution < 1.29 is 13.2 Å². The zero-order chi connectivity index (χ0) is 11.3. The van der Waals surface area contributed by atoms with Crippen LogP contribution in [0.25, 0.3) is 0 Å². The first-order valence-corrected chi connectivity index (χ1v) is 7.56. The molecule has 0 spiro atoms. The van der Waals surface area contributed by atoms with E-state index in [-0.39, 0.29) is 5.75 Å². The third kappa shape index (κ3) is 6.12. The summed E-state index contributed by atoms with van der Waals surface area (Å²) in [6.45, 7) is 3.48. The normalized spacial score (nSPS) is 24.3. The molecule has 0 saturated carbocycles. The number of sulfone groups is 1. The van der Waals surface area contributed by atoms with Gasteiger partial charge in [0.15, 0.2) is 0 Å². The number of nitrogens with one attached hydrogen (secondary N) is 1. The lowest BCUT2D eigenvalue weighted by molar-refractivity contribution is 0.0966. The Labute approximate surface area is 92.3 Å². The van der Waals surface area contributed by atoms with Crippen LogP contribution in [0, 0.1) is 0 Å². The summed E-state index contributed by atoms with van der Waals surface area (Å²) >= 11 is 0. The minimum absolute atomic E-state index is 0.211. The van der Waals surface area contributed by atoms with Crippen LogP contribution >= 0.6 is 0 Å². The molecule has 0 aromatic carbocycles. The molecule has 5 heteroatoms. The summed E-state index contributed by atoms with van der Waals surface area (Å²) in [4.78, 5) is 0. The van der Waals surface area contributed by atoms with Gasteiger partial charge in [0.1, 0.15) is 9.84 Å². The van der Waals surface area contributed by atoms with E-state index in [1.807, 2.05) is 0 Å². The Morgan fingerprint density at radius 3 is 2.80 bits per heavy atom. The zero-order valence-electron chi connectivity index (χ0n) is 9.53.